The third kappa shape index (κ3) is 2.78. The van der Waals surface area contributed by atoms with Crippen molar-refractivity contribution in [2.75, 3.05) is 5.32 Å². The maximum Gasteiger partial charge on any atom is 0.311 e. The Morgan fingerprint density at radius 2 is 2.05 bits per heavy atom. The van der Waals surface area contributed by atoms with Gasteiger partial charge in [0, 0.05) is 6.07 Å². The predicted octanol–water partition coefficient (Wildman–Crippen LogP) is 3.26. The highest BCUT2D eigenvalue weighted by atomic mass is 35.5. The van der Waals surface area contributed by atoms with Gasteiger partial charge in [-0.3, -0.25) is 10.1 Å². The number of hydrogen-bond donors (Lipinski definition) is 1. The fourth-order valence-corrected chi connectivity index (χ4v) is 1.63. The first-order chi connectivity index (χ1) is 9.11. The average Bonchev–Trinajstić information content (AvgIpc) is 2.39. The molecule has 19 heavy (non-hydrogen) atoms. The van der Waals surface area contributed by atoms with Crippen molar-refractivity contribution in [3.05, 3.63) is 57.2 Å². The molecule has 1 N–H and O–H groups in total. The van der Waals surface area contributed by atoms with Crippen molar-refractivity contribution in [3.63, 3.8) is 0 Å². The van der Waals surface area contributed by atoms with Gasteiger partial charge in [-0.25, -0.2) is 4.98 Å². The average molecular weight is 275 g/mol. The molecule has 0 saturated carbocycles. The number of nitro groups is 1. The second-order valence-electron chi connectivity index (χ2n) is 3.54. The second kappa shape index (κ2) is 5.33. The maximum atomic E-state index is 10.9. The van der Waals surface area contributed by atoms with Crippen molar-refractivity contribution in [2.24, 2.45) is 0 Å². The minimum atomic E-state index is -0.569. The molecule has 1 heterocycles. The summed E-state index contributed by atoms with van der Waals surface area (Å²) in [5, 5.41) is 22.7. The van der Waals surface area contributed by atoms with Crippen molar-refractivity contribution in [1.29, 1.82) is 5.26 Å². The summed E-state index contributed by atoms with van der Waals surface area (Å²) >= 11 is 5.72. The molecule has 0 radical (unpaired) electrons. The van der Waals surface area contributed by atoms with Crippen LogP contribution in [0.1, 0.15) is 5.56 Å². The zero-order valence-electron chi connectivity index (χ0n) is 9.50. The summed E-state index contributed by atoms with van der Waals surface area (Å²) in [6.07, 6.45) is 0. The van der Waals surface area contributed by atoms with Gasteiger partial charge in [0.05, 0.1) is 16.2 Å². The number of benzene rings is 1. The molecule has 6 nitrogen and oxygen atoms in total. The van der Waals surface area contributed by atoms with Gasteiger partial charge in [-0.1, -0.05) is 23.7 Å². The van der Waals surface area contributed by atoms with Crippen LogP contribution in [0.2, 0.25) is 5.15 Å². The van der Waals surface area contributed by atoms with Gasteiger partial charge in [0.25, 0.3) is 0 Å². The fourth-order valence-electron chi connectivity index (χ4n) is 1.48. The molecule has 0 aliphatic carbocycles. The second-order valence-corrected chi connectivity index (χ2v) is 3.93. The lowest BCUT2D eigenvalue weighted by atomic mass is 10.2. The quantitative estimate of drug-likeness (QED) is 0.527. The number of nitrogens with zero attached hydrogens (tertiary/aromatic N) is 3. The number of hydrogen-bond acceptors (Lipinski definition) is 5. The first kappa shape index (κ1) is 12.8. The number of para-hydroxylation sites is 1. The van der Waals surface area contributed by atoms with Crippen LogP contribution in [0.3, 0.4) is 0 Å². The van der Waals surface area contributed by atoms with Crippen LogP contribution in [0.15, 0.2) is 36.4 Å². The third-order valence-electron chi connectivity index (χ3n) is 2.34. The van der Waals surface area contributed by atoms with E-state index >= 15 is 0 Å². The summed E-state index contributed by atoms with van der Waals surface area (Å²) in [6, 6.07) is 11.2. The fraction of sp³-hybridized carbons (Fsp3) is 0. The summed E-state index contributed by atoms with van der Waals surface area (Å²) < 4.78 is 0. The molecule has 0 aliphatic rings. The summed E-state index contributed by atoms with van der Waals surface area (Å²) in [6.45, 7) is 0. The Balaban J connectivity index is 2.46. The maximum absolute atomic E-state index is 10.9. The predicted molar refractivity (Wildman–Crippen MR) is 70.3 cm³/mol. The van der Waals surface area contributed by atoms with Crippen molar-refractivity contribution in [3.8, 4) is 6.07 Å². The SMILES string of the molecule is N#Cc1ccccc1Nc1nc(Cl)ccc1[N+](=O)[O-]. The monoisotopic (exact) mass is 274 g/mol. The normalized spacial score (nSPS) is 9.68. The lowest BCUT2D eigenvalue weighted by Crippen LogP contribution is -2.01. The van der Waals surface area contributed by atoms with E-state index in [-0.39, 0.29) is 16.7 Å². The standard InChI is InChI=1S/C12H7ClN4O2/c13-11-6-5-10(17(18)19)12(16-11)15-9-4-2-1-3-8(9)7-14/h1-6H,(H,15,16). The van der Waals surface area contributed by atoms with Gasteiger partial charge in [0.1, 0.15) is 11.2 Å². The van der Waals surface area contributed by atoms with E-state index in [0.717, 1.165) is 0 Å². The van der Waals surface area contributed by atoms with E-state index in [1.165, 1.54) is 12.1 Å². The topological polar surface area (TPSA) is 91.8 Å². The minimum absolute atomic E-state index is 0.000185. The molecule has 0 spiro atoms. The van der Waals surface area contributed by atoms with E-state index < -0.39 is 4.92 Å². The smallest absolute Gasteiger partial charge is 0.311 e. The third-order valence-corrected chi connectivity index (χ3v) is 2.55. The molecule has 0 unspecified atom stereocenters. The van der Waals surface area contributed by atoms with E-state index in [4.69, 9.17) is 16.9 Å². The number of aromatic nitrogens is 1. The van der Waals surface area contributed by atoms with Gasteiger partial charge >= 0.3 is 5.69 Å². The van der Waals surface area contributed by atoms with Crippen LogP contribution in [-0.4, -0.2) is 9.91 Å². The van der Waals surface area contributed by atoms with Crippen LogP contribution >= 0.6 is 11.6 Å². The molecule has 0 fully saturated rings. The van der Waals surface area contributed by atoms with Gasteiger partial charge in [0.15, 0.2) is 0 Å². The molecular formula is C12H7ClN4O2. The molecule has 0 atom stereocenters. The Bertz CT molecular complexity index is 682. The van der Waals surface area contributed by atoms with Crippen molar-refractivity contribution >= 4 is 28.8 Å². The summed E-state index contributed by atoms with van der Waals surface area (Å²) in [7, 11) is 0. The zero-order valence-corrected chi connectivity index (χ0v) is 10.3. The molecule has 0 aliphatic heterocycles. The lowest BCUT2D eigenvalue weighted by molar-refractivity contribution is -0.384. The van der Waals surface area contributed by atoms with Crippen molar-refractivity contribution in [2.45, 2.75) is 0 Å². The molecular weight excluding hydrogens is 268 g/mol. The number of nitriles is 1. The van der Waals surface area contributed by atoms with Crippen molar-refractivity contribution in [1.82, 2.24) is 4.98 Å². The highest BCUT2D eigenvalue weighted by molar-refractivity contribution is 6.29. The van der Waals surface area contributed by atoms with E-state index in [0.29, 0.717) is 11.3 Å². The molecule has 0 bridgehead atoms. The largest absolute Gasteiger partial charge is 0.333 e. The van der Waals surface area contributed by atoms with Crippen molar-refractivity contribution < 1.29 is 4.92 Å². The minimum Gasteiger partial charge on any atom is -0.333 e. The van der Waals surface area contributed by atoms with Crippen LogP contribution in [-0.2, 0) is 0 Å². The molecule has 1 aromatic heterocycles. The van der Waals surface area contributed by atoms with E-state index in [9.17, 15) is 10.1 Å². The van der Waals surface area contributed by atoms with Gasteiger partial charge in [-0.2, -0.15) is 5.26 Å². The Labute approximate surface area is 113 Å². The van der Waals surface area contributed by atoms with Gasteiger partial charge in [0.2, 0.25) is 5.82 Å². The van der Waals surface area contributed by atoms with Crippen LogP contribution in [0.25, 0.3) is 0 Å². The first-order valence-electron chi connectivity index (χ1n) is 5.19. The Kier molecular flexibility index (Phi) is 3.59. The molecule has 1 aromatic carbocycles. The highest BCUT2D eigenvalue weighted by Gasteiger charge is 2.16. The van der Waals surface area contributed by atoms with Gasteiger partial charge in [-0.15, -0.1) is 0 Å². The van der Waals surface area contributed by atoms with Crippen LogP contribution in [0.5, 0.6) is 0 Å². The summed E-state index contributed by atoms with van der Waals surface area (Å²) in [4.78, 5) is 14.2. The van der Waals surface area contributed by atoms with Gasteiger partial charge in [-0.05, 0) is 18.2 Å². The van der Waals surface area contributed by atoms with Crippen LogP contribution < -0.4 is 5.32 Å². The molecule has 0 amide bonds. The molecule has 0 saturated heterocycles. The van der Waals surface area contributed by atoms with Crippen LogP contribution in [0, 0.1) is 21.4 Å². The molecule has 2 aromatic rings. The lowest BCUT2D eigenvalue weighted by Gasteiger charge is -2.07. The number of nitrogens with one attached hydrogen (secondary N) is 1. The number of anilines is 2. The number of pyridine rings is 1. The number of halogens is 1. The molecule has 2 rings (SSSR count). The van der Waals surface area contributed by atoms with Crippen LogP contribution in [0.4, 0.5) is 17.2 Å². The van der Waals surface area contributed by atoms with E-state index in [1.54, 1.807) is 24.3 Å². The number of rotatable bonds is 3. The van der Waals surface area contributed by atoms with Gasteiger partial charge < -0.3 is 5.32 Å². The Hall–Kier alpha value is -2.65. The Morgan fingerprint density at radius 1 is 1.32 bits per heavy atom. The zero-order chi connectivity index (χ0) is 13.8. The van der Waals surface area contributed by atoms with E-state index in [1.807, 2.05) is 6.07 Å². The molecule has 7 heteroatoms. The Morgan fingerprint density at radius 3 is 2.74 bits per heavy atom. The highest BCUT2D eigenvalue weighted by Crippen LogP contribution is 2.28. The first-order valence-corrected chi connectivity index (χ1v) is 5.56. The van der Waals surface area contributed by atoms with E-state index in [2.05, 4.69) is 10.3 Å². The molecule has 94 valence electrons. The summed E-state index contributed by atoms with van der Waals surface area (Å²) in [5.41, 5.74) is 0.582. The summed E-state index contributed by atoms with van der Waals surface area (Å²) in [5.74, 6) is 0.000185.